The molecule has 1 aliphatic rings. The Hall–Kier alpha value is -0.170. The number of hydrogen-bond acceptors (Lipinski definition) is 3. The van der Waals surface area contributed by atoms with E-state index in [1.54, 1.807) is 0 Å². The molecule has 0 saturated heterocycles. The minimum atomic E-state index is -3.39. The second-order valence-corrected chi connectivity index (χ2v) is 7.92. The van der Waals surface area contributed by atoms with E-state index >= 15 is 0 Å². The molecule has 1 aliphatic carbocycles. The third kappa shape index (κ3) is 7.25. The lowest BCUT2D eigenvalue weighted by Crippen LogP contribution is -2.51. The highest BCUT2D eigenvalue weighted by atomic mass is 32.2. The summed E-state index contributed by atoms with van der Waals surface area (Å²) >= 11 is 0. The van der Waals surface area contributed by atoms with Gasteiger partial charge in [0, 0.05) is 17.6 Å². The lowest BCUT2D eigenvalue weighted by atomic mass is 9.92. The van der Waals surface area contributed by atoms with Crippen molar-refractivity contribution in [1.29, 1.82) is 0 Å². The zero-order valence-corrected chi connectivity index (χ0v) is 13.4. The van der Waals surface area contributed by atoms with Gasteiger partial charge in [0.25, 0.3) is 10.2 Å². The molecule has 19 heavy (non-hydrogen) atoms. The first-order valence-electron chi connectivity index (χ1n) is 7.26. The van der Waals surface area contributed by atoms with Crippen LogP contribution in [0.4, 0.5) is 0 Å². The van der Waals surface area contributed by atoms with Crippen LogP contribution in [0.2, 0.25) is 0 Å². The minimum absolute atomic E-state index is 0.0690. The molecule has 0 spiro atoms. The van der Waals surface area contributed by atoms with Crippen LogP contribution in [0.15, 0.2) is 0 Å². The van der Waals surface area contributed by atoms with Crippen molar-refractivity contribution in [3.8, 4) is 0 Å². The summed E-state index contributed by atoms with van der Waals surface area (Å²) in [7, 11) is -3.39. The van der Waals surface area contributed by atoms with Crippen LogP contribution in [0.1, 0.15) is 59.8 Å². The van der Waals surface area contributed by atoms with Gasteiger partial charge in [-0.2, -0.15) is 17.9 Å². The molecule has 0 bridgehead atoms. The van der Waals surface area contributed by atoms with Crippen LogP contribution in [0.3, 0.4) is 0 Å². The van der Waals surface area contributed by atoms with Crippen LogP contribution in [-0.4, -0.2) is 32.6 Å². The molecule has 0 radical (unpaired) electrons. The zero-order chi connectivity index (χ0) is 14.5. The zero-order valence-electron chi connectivity index (χ0n) is 12.6. The highest BCUT2D eigenvalue weighted by molar-refractivity contribution is 7.87. The van der Waals surface area contributed by atoms with Crippen LogP contribution in [0, 0.1) is 0 Å². The Morgan fingerprint density at radius 2 is 1.58 bits per heavy atom. The van der Waals surface area contributed by atoms with Gasteiger partial charge in [0.15, 0.2) is 0 Å². The van der Waals surface area contributed by atoms with Crippen LogP contribution in [-0.2, 0) is 10.2 Å². The molecule has 0 aromatic carbocycles. The van der Waals surface area contributed by atoms with Crippen molar-refractivity contribution in [3.05, 3.63) is 0 Å². The molecule has 1 fully saturated rings. The summed E-state index contributed by atoms with van der Waals surface area (Å²) in [6.07, 6.45) is 5.05. The summed E-state index contributed by atoms with van der Waals surface area (Å²) in [5.74, 6) is 0. The Morgan fingerprint density at radius 1 is 1.05 bits per heavy atom. The molecule has 0 aromatic heterocycles. The minimum Gasteiger partial charge on any atom is -0.314 e. The lowest BCUT2D eigenvalue weighted by Gasteiger charge is -2.30. The highest BCUT2D eigenvalue weighted by Crippen LogP contribution is 2.19. The van der Waals surface area contributed by atoms with Gasteiger partial charge >= 0.3 is 0 Å². The number of hydrogen-bond donors (Lipinski definition) is 3. The van der Waals surface area contributed by atoms with Gasteiger partial charge in [0.1, 0.15) is 0 Å². The number of nitrogens with one attached hydrogen (secondary N) is 3. The third-order valence-corrected chi connectivity index (χ3v) is 4.70. The third-order valence-electron chi connectivity index (χ3n) is 3.17. The maximum atomic E-state index is 11.9. The Balaban J connectivity index is 2.36. The molecule has 3 N–H and O–H groups in total. The van der Waals surface area contributed by atoms with Crippen molar-refractivity contribution in [2.24, 2.45) is 0 Å². The molecule has 114 valence electrons. The fourth-order valence-corrected chi connectivity index (χ4v) is 3.96. The lowest BCUT2D eigenvalue weighted by molar-refractivity contribution is 0.328. The highest BCUT2D eigenvalue weighted by Gasteiger charge is 2.26. The van der Waals surface area contributed by atoms with Gasteiger partial charge in [-0.15, -0.1) is 0 Å². The molecule has 1 saturated carbocycles. The van der Waals surface area contributed by atoms with E-state index in [-0.39, 0.29) is 6.04 Å². The number of rotatable bonds is 6. The van der Waals surface area contributed by atoms with E-state index in [0.29, 0.717) is 6.04 Å². The summed E-state index contributed by atoms with van der Waals surface area (Å²) in [6, 6.07) is 0.621. The predicted octanol–water partition coefficient (Wildman–Crippen LogP) is 1.52. The van der Waals surface area contributed by atoms with Crippen molar-refractivity contribution < 1.29 is 8.42 Å². The van der Waals surface area contributed by atoms with E-state index in [9.17, 15) is 8.42 Å². The van der Waals surface area contributed by atoms with Crippen molar-refractivity contribution in [2.75, 3.05) is 6.54 Å². The summed E-state index contributed by atoms with van der Waals surface area (Å²) in [4.78, 5) is 0. The van der Waals surface area contributed by atoms with Crippen LogP contribution >= 0.6 is 0 Å². The van der Waals surface area contributed by atoms with E-state index in [1.165, 1.54) is 0 Å². The second kappa shape index (κ2) is 7.02. The van der Waals surface area contributed by atoms with Gasteiger partial charge in [-0.3, -0.25) is 0 Å². The van der Waals surface area contributed by atoms with E-state index in [4.69, 9.17) is 0 Å². The molecule has 0 unspecified atom stereocenters. The smallest absolute Gasteiger partial charge is 0.277 e. The van der Waals surface area contributed by atoms with E-state index in [0.717, 1.165) is 38.6 Å². The van der Waals surface area contributed by atoms with Crippen LogP contribution in [0.5, 0.6) is 0 Å². The van der Waals surface area contributed by atoms with Crippen molar-refractivity contribution in [2.45, 2.75) is 77.4 Å². The van der Waals surface area contributed by atoms with Gasteiger partial charge in [-0.05, 0) is 59.4 Å². The second-order valence-electron chi connectivity index (χ2n) is 6.48. The molecule has 0 amide bonds. The molecule has 0 aromatic rings. The first-order chi connectivity index (χ1) is 8.72. The normalized spacial score (nSPS) is 25.5. The average Bonchev–Trinajstić information content (AvgIpc) is 2.24. The molecule has 0 heterocycles. The fourth-order valence-electron chi connectivity index (χ4n) is 2.42. The molecular formula is C13H29N3O2S. The van der Waals surface area contributed by atoms with E-state index < -0.39 is 15.7 Å². The van der Waals surface area contributed by atoms with E-state index in [1.807, 2.05) is 20.8 Å². The molecular weight excluding hydrogens is 262 g/mol. The van der Waals surface area contributed by atoms with Gasteiger partial charge in [-0.25, -0.2) is 0 Å². The Kier molecular flexibility index (Phi) is 6.23. The van der Waals surface area contributed by atoms with Gasteiger partial charge < -0.3 is 5.32 Å². The summed E-state index contributed by atoms with van der Waals surface area (Å²) in [5, 5.41) is 3.50. The summed E-state index contributed by atoms with van der Waals surface area (Å²) < 4.78 is 29.3. The Labute approximate surface area is 118 Å². The molecule has 5 nitrogen and oxygen atoms in total. The molecule has 1 rings (SSSR count). The SMILES string of the molecule is CCCNC1CCC(NS(=O)(=O)NC(C)(C)C)CC1. The van der Waals surface area contributed by atoms with Crippen LogP contribution < -0.4 is 14.8 Å². The Morgan fingerprint density at radius 3 is 2.05 bits per heavy atom. The molecule has 6 heteroatoms. The maximum Gasteiger partial charge on any atom is 0.277 e. The van der Waals surface area contributed by atoms with Crippen molar-refractivity contribution >= 4 is 10.2 Å². The van der Waals surface area contributed by atoms with Gasteiger partial charge in [-0.1, -0.05) is 6.92 Å². The maximum absolute atomic E-state index is 11.9. The summed E-state index contributed by atoms with van der Waals surface area (Å²) in [5.41, 5.74) is -0.439. The van der Waals surface area contributed by atoms with Crippen LogP contribution in [0.25, 0.3) is 0 Å². The molecule has 0 aliphatic heterocycles. The molecule has 0 atom stereocenters. The fraction of sp³-hybridized carbons (Fsp3) is 1.00. The van der Waals surface area contributed by atoms with Gasteiger partial charge in [0.2, 0.25) is 0 Å². The average molecular weight is 291 g/mol. The van der Waals surface area contributed by atoms with Gasteiger partial charge in [0.05, 0.1) is 0 Å². The van der Waals surface area contributed by atoms with Crippen molar-refractivity contribution in [1.82, 2.24) is 14.8 Å². The Bertz CT molecular complexity index is 355. The van der Waals surface area contributed by atoms with Crippen molar-refractivity contribution in [3.63, 3.8) is 0 Å². The predicted molar refractivity (Wildman–Crippen MR) is 79.3 cm³/mol. The first kappa shape index (κ1) is 16.9. The summed E-state index contributed by atoms with van der Waals surface area (Å²) in [6.45, 7) is 8.74. The first-order valence-corrected chi connectivity index (χ1v) is 8.75. The largest absolute Gasteiger partial charge is 0.314 e. The topological polar surface area (TPSA) is 70.2 Å². The standard InChI is InChI=1S/C13H29N3O2S/c1-5-10-14-11-6-8-12(9-7-11)15-19(17,18)16-13(2,3)4/h11-12,14-16H,5-10H2,1-4H3. The monoisotopic (exact) mass is 291 g/mol. The van der Waals surface area contributed by atoms with E-state index in [2.05, 4.69) is 21.7 Å². The quantitative estimate of drug-likeness (QED) is 0.695.